The molecule has 9 heteroatoms. The predicted octanol–water partition coefficient (Wildman–Crippen LogP) is 2.45. The zero-order valence-electron chi connectivity index (χ0n) is 13.0. The number of carbonyl (C=O) groups is 2. The molecular formula is C15H15F2N3O4. The van der Waals surface area contributed by atoms with Gasteiger partial charge in [0.05, 0.1) is 12.3 Å². The fraction of sp³-hybridized carbons (Fsp3) is 0.267. The Kier molecular flexibility index (Phi) is 5.46. The first-order chi connectivity index (χ1) is 11.4. The molecule has 0 aliphatic rings. The molecule has 24 heavy (non-hydrogen) atoms. The van der Waals surface area contributed by atoms with Crippen molar-refractivity contribution in [3.8, 4) is 5.75 Å². The molecule has 2 rings (SSSR count). The van der Waals surface area contributed by atoms with E-state index in [0.29, 0.717) is 0 Å². The van der Waals surface area contributed by atoms with E-state index in [0.717, 1.165) is 0 Å². The van der Waals surface area contributed by atoms with Crippen LogP contribution in [0.4, 0.5) is 14.5 Å². The summed E-state index contributed by atoms with van der Waals surface area (Å²) in [7, 11) is 1.48. The Morgan fingerprint density at radius 2 is 2.04 bits per heavy atom. The Morgan fingerprint density at radius 1 is 1.33 bits per heavy atom. The van der Waals surface area contributed by atoms with Crippen LogP contribution in [0, 0.1) is 0 Å². The number of alkyl halides is 2. The molecule has 0 saturated carbocycles. The molecule has 0 fully saturated rings. The lowest BCUT2D eigenvalue weighted by Gasteiger charge is -2.10. The third-order valence-electron chi connectivity index (χ3n) is 2.95. The molecule has 0 saturated heterocycles. The van der Waals surface area contributed by atoms with Crippen LogP contribution in [0.2, 0.25) is 0 Å². The van der Waals surface area contributed by atoms with Gasteiger partial charge in [-0.05, 0) is 19.1 Å². The van der Waals surface area contributed by atoms with Crippen LogP contribution in [0.15, 0.2) is 30.3 Å². The lowest BCUT2D eigenvalue weighted by molar-refractivity contribution is -0.0493. The van der Waals surface area contributed by atoms with Crippen LogP contribution in [0.1, 0.15) is 27.9 Å². The molecule has 0 bridgehead atoms. The van der Waals surface area contributed by atoms with E-state index in [9.17, 15) is 18.4 Å². The van der Waals surface area contributed by atoms with Gasteiger partial charge in [0.15, 0.2) is 5.69 Å². The maximum absolute atomic E-state index is 12.4. The maximum atomic E-state index is 12.4. The van der Waals surface area contributed by atoms with Gasteiger partial charge in [0.1, 0.15) is 11.4 Å². The number of hydrogen-bond donors (Lipinski definition) is 1. The van der Waals surface area contributed by atoms with Crippen molar-refractivity contribution < 1.29 is 27.8 Å². The Morgan fingerprint density at radius 3 is 2.71 bits per heavy atom. The van der Waals surface area contributed by atoms with Crippen LogP contribution in [0.5, 0.6) is 5.75 Å². The number of para-hydroxylation sites is 2. The number of aryl methyl sites for hydroxylation is 1. The number of benzene rings is 1. The van der Waals surface area contributed by atoms with Crippen LogP contribution >= 0.6 is 0 Å². The first kappa shape index (κ1) is 17.4. The van der Waals surface area contributed by atoms with Crippen LogP contribution in [0.25, 0.3) is 0 Å². The Hall–Kier alpha value is -2.97. The first-order valence-corrected chi connectivity index (χ1v) is 6.98. The summed E-state index contributed by atoms with van der Waals surface area (Å²) in [5, 5.41) is 6.33. The normalized spacial score (nSPS) is 10.5. The Bertz CT molecular complexity index is 746. The molecule has 0 aliphatic carbocycles. The maximum Gasteiger partial charge on any atom is 0.387 e. The lowest BCUT2D eigenvalue weighted by atomic mass is 10.2. The highest BCUT2D eigenvalue weighted by Crippen LogP contribution is 2.26. The second-order valence-corrected chi connectivity index (χ2v) is 4.59. The van der Waals surface area contributed by atoms with Gasteiger partial charge in [-0.15, -0.1) is 0 Å². The highest BCUT2D eigenvalue weighted by molar-refractivity contribution is 6.04. The second-order valence-electron chi connectivity index (χ2n) is 4.59. The molecular weight excluding hydrogens is 324 g/mol. The van der Waals surface area contributed by atoms with Crippen LogP contribution in [-0.2, 0) is 11.8 Å². The summed E-state index contributed by atoms with van der Waals surface area (Å²) in [5.74, 6) is -1.47. The van der Waals surface area contributed by atoms with E-state index in [2.05, 4.69) is 15.2 Å². The number of carbonyl (C=O) groups excluding carboxylic acids is 2. The Balaban J connectivity index is 2.19. The zero-order valence-corrected chi connectivity index (χ0v) is 13.0. The van der Waals surface area contributed by atoms with E-state index in [1.807, 2.05) is 0 Å². The van der Waals surface area contributed by atoms with E-state index < -0.39 is 18.5 Å². The van der Waals surface area contributed by atoms with E-state index in [-0.39, 0.29) is 29.4 Å². The molecule has 0 unspecified atom stereocenters. The molecule has 1 heterocycles. The first-order valence-electron chi connectivity index (χ1n) is 6.98. The number of esters is 1. The van der Waals surface area contributed by atoms with Crippen molar-refractivity contribution in [1.29, 1.82) is 0 Å². The molecule has 1 aromatic carbocycles. The van der Waals surface area contributed by atoms with Gasteiger partial charge in [-0.3, -0.25) is 9.48 Å². The van der Waals surface area contributed by atoms with Crippen molar-refractivity contribution in [1.82, 2.24) is 9.78 Å². The van der Waals surface area contributed by atoms with Gasteiger partial charge in [-0.25, -0.2) is 4.79 Å². The average Bonchev–Trinajstić information content (AvgIpc) is 2.91. The smallest absolute Gasteiger partial charge is 0.387 e. The van der Waals surface area contributed by atoms with Crippen LogP contribution in [0.3, 0.4) is 0 Å². The standard InChI is InChI=1S/C15H15F2N3O4/c1-3-23-14(22)11-8-10(19-20(11)2)13(21)18-9-6-4-5-7-12(9)24-15(16)17/h4-8,15H,3H2,1-2H3,(H,18,21). The quantitative estimate of drug-likeness (QED) is 0.818. The van der Waals surface area contributed by atoms with Gasteiger partial charge < -0.3 is 14.8 Å². The predicted molar refractivity (Wildman–Crippen MR) is 80.2 cm³/mol. The van der Waals surface area contributed by atoms with Crippen LogP contribution in [-0.4, -0.2) is 34.9 Å². The third-order valence-corrected chi connectivity index (χ3v) is 2.95. The number of anilines is 1. The molecule has 0 aliphatic heterocycles. The average molecular weight is 339 g/mol. The van der Waals surface area contributed by atoms with Gasteiger partial charge in [0.2, 0.25) is 0 Å². The Labute approximate surface area is 136 Å². The zero-order chi connectivity index (χ0) is 17.7. The SMILES string of the molecule is CCOC(=O)c1cc(C(=O)Nc2ccccc2OC(F)F)nn1C. The number of nitrogens with one attached hydrogen (secondary N) is 1. The summed E-state index contributed by atoms with van der Waals surface area (Å²) in [6, 6.07) is 7.00. The van der Waals surface area contributed by atoms with Crippen molar-refractivity contribution >= 4 is 17.6 Å². The fourth-order valence-corrected chi connectivity index (χ4v) is 1.93. The number of ether oxygens (including phenoxy) is 2. The van der Waals surface area contributed by atoms with E-state index in [1.54, 1.807) is 13.0 Å². The summed E-state index contributed by atoms with van der Waals surface area (Å²) >= 11 is 0. The van der Waals surface area contributed by atoms with Crippen molar-refractivity contribution in [2.75, 3.05) is 11.9 Å². The highest BCUT2D eigenvalue weighted by Gasteiger charge is 2.19. The minimum Gasteiger partial charge on any atom is -0.461 e. The minimum absolute atomic E-state index is 0.0612. The molecule has 128 valence electrons. The fourth-order valence-electron chi connectivity index (χ4n) is 1.93. The van der Waals surface area contributed by atoms with Gasteiger partial charge in [0, 0.05) is 13.1 Å². The van der Waals surface area contributed by atoms with Crippen molar-refractivity contribution in [3.63, 3.8) is 0 Å². The molecule has 0 spiro atoms. The largest absolute Gasteiger partial charge is 0.461 e. The number of rotatable bonds is 6. The van der Waals surface area contributed by atoms with Crippen molar-refractivity contribution in [3.05, 3.63) is 41.7 Å². The molecule has 1 N–H and O–H groups in total. The molecule has 1 aromatic heterocycles. The number of aromatic nitrogens is 2. The van der Waals surface area contributed by atoms with E-state index in [1.165, 1.54) is 36.0 Å². The molecule has 7 nitrogen and oxygen atoms in total. The second kappa shape index (κ2) is 7.53. The highest BCUT2D eigenvalue weighted by atomic mass is 19.3. The summed E-state index contributed by atoms with van der Waals surface area (Å²) < 4.78 is 35.1. The topological polar surface area (TPSA) is 82.5 Å². The minimum atomic E-state index is -3.02. The molecule has 1 amide bonds. The number of hydrogen-bond acceptors (Lipinski definition) is 5. The lowest BCUT2D eigenvalue weighted by Crippen LogP contribution is -2.14. The van der Waals surface area contributed by atoms with Gasteiger partial charge in [-0.1, -0.05) is 12.1 Å². The monoisotopic (exact) mass is 339 g/mol. The number of nitrogens with zero attached hydrogens (tertiary/aromatic N) is 2. The third kappa shape index (κ3) is 4.06. The summed E-state index contributed by atoms with van der Waals surface area (Å²) in [4.78, 5) is 23.9. The van der Waals surface area contributed by atoms with Crippen LogP contribution < -0.4 is 10.1 Å². The molecule has 0 atom stereocenters. The van der Waals surface area contributed by atoms with Gasteiger partial charge >= 0.3 is 12.6 Å². The summed E-state index contributed by atoms with van der Waals surface area (Å²) in [5.41, 5.74) is 0.0951. The number of amides is 1. The summed E-state index contributed by atoms with van der Waals surface area (Å²) in [6.45, 7) is -1.18. The van der Waals surface area contributed by atoms with Gasteiger partial charge in [0.25, 0.3) is 5.91 Å². The number of halogens is 2. The molecule has 2 aromatic rings. The molecule has 0 radical (unpaired) electrons. The van der Waals surface area contributed by atoms with E-state index in [4.69, 9.17) is 4.74 Å². The summed E-state index contributed by atoms with van der Waals surface area (Å²) in [6.07, 6.45) is 0. The van der Waals surface area contributed by atoms with Crippen molar-refractivity contribution in [2.45, 2.75) is 13.5 Å². The van der Waals surface area contributed by atoms with Gasteiger partial charge in [-0.2, -0.15) is 13.9 Å². The van der Waals surface area contributed by atoms with Crippen molar-refractivity contribution in [2.24, 2.45) is 7.05 Å². The van der Waals surface area contributed by atoms with E-state index >= 15 is 0 Å².